The minimum Gasteiger partial charge on any atom is -0.490 e. The maximum atomic E-state index is 10.9. The van der Waals surface area contributed by atoms with Crippen molar-refractivity contribution in [1.29, 1.82) is 0 Å². The summed E-state index contributed by atoms with van der Waals surface area (Å²) in [6.07, 6.45) is 1.71. The minimum atomic E-state index is -0.429. The molecule has 0 saturated heterocycles. The zero-order valence-electron chi connectivity index (χ0n) is 7.38. The quantitative estimate of drug-likeness (QED) is 0.353. The predicted molar refractivity (Wildman–Crippen MR) is 41.9 cm³/mol. The van der Waals surface area contributed by atoms with E-state index < -0.39 is 5.97 Å². The molecule has 3 nitrogen and oxygen atoms in total. The van der Waals surface area contributed by atoms with Crippen molar-refractivity contribution in [2.45, 2.75) is 13.8 Å². The molecule has 0 aliphatic carbocycles. The van der Waals surface area contributed by atoms with E-state index in [-0.39, 0.29) is 11.7 Å². The molecule has 0 aliphatic rings. The Labute approximate surface area is 67.0 Å². The molecule has 0 rings (SSSR count). The summed E-state index contributed by atoms with van der Waals surface area (Å²) >= 11 is 0. The SMILES string of the molecule is COC(=O)/C(=C/C(C)C)OC. The van der Waals surface area contributed by atoms with Crippen molar-refractivity contribution in [2.75, 3.05) is 14.2 Å². The molecule has 0 bridgehead atoms. The summed E-state index contributed by atoms with van der Waals surface area (Å²) in [5.41, 5.74) is 0. The summed E-state index contributed by atoms with van der Waals surface area (Å²) in [5.74, 6) is 0.118. The Morgan fingerprint density at radius 2 is 1.82 bits per heavy atom. The Balaban J connectivity index is 4.27. The molecular formula is C8H14O3. The van der Waals surface area contributed by atoms with E-state index in [1.165, 1.54) is 14.2 Å². The highest BCUT2D eigenvalue weighted by Gasteiger charge is 2.08. The summed E-state index contributed by atoms with van der Waals surface area (Å²) in [5, 5.41) is 0. The highest BCUT2D eigenvalue weighted by molar-refractivity contribution is 5.86. The van der Waals surface area contributed by atoms with Gasteiger partial charge in [-0.05, 0) is 12.0 Å². The maximum Gasteiger partial charge on any atom is 0.372 e. The first kappa shape index (κ1) is 10.0. The van der Waals surface area contributed by atoms with Gasteiger partial charge < -0.3 is 9.47 Å². The molecule has 0 fully saturated rings. The van der Waals surface area contributed by atoms with Crippen LogP contribution in [0.15, 0.2) is 11.8 Å². The van der Waals surface area contributed by atoms with E-state index in [1.807, 2.05) is 13.8 Å². The second-order valence-corrected chi connectivity index (χ2v) is 2.47. The lowest BCUT2D eigenvalue weighted by Gasteiger charge is -2.04. The van der Waals surface area contributed by atoms with Gasteiger partial charge >= 0.3 is 5.97 Å². The number of rotatable bonds is 3. The van der Waals surface area contributed by atoms with E-state index in [0.29, 0.717) is 0 Å². The first-order valence-corrected chi connectivity index (χ1v) is 3.46. The molecule has 0 aliphatic heterocycles. The molecular weight excluding hydrogens is 144 g/mol. The van der Waals surface area contributed by atoms with Gasteiger partial charge in [0.1, 0.15) is 0 Å². The maximum absolute atomic E-state index is 10.9. The molecule has 0 heterocycles. The lowest BCUT2D eigenvalue weighted by Crippen LogP contribution is -2.07. The van der Waals surface area contributed by atoms with Gasteiger partial charge in [0.2, 0.25) is 5.76 Å². The van der Waals surface area contributed by atoms with Crippen molar-refractivity contribution < 1.29 is 14.3 Å². The highest BCUT2D eigenvalue weighted by Crippen LogP contribution is 2.04. The molecule has 0 saturated carbocycles. The number of carbonyl (C=O) groups is 1. The van der Waals surface area contributed by atoms with Gasteiger partial charge in [0, 0.05) is 0 Å². The third-order valence-electron chi connectivity index (χ3n) is 1.09. The van der Waals surface area contributed by atoms with Crippen LogP contribution in [-0.4, -0.2) is 20.2 Å². The Bertz CT molecular complexity index is 159. The smallest absolute Gasteiger partial charge is 0.372 e. The van der Waals surface area contributed by atoms with Gasteiger partial charge in [0.05, 0.1) is 14.2 Å². The van der Waals surface area contributed by atoms with Gasteiger partial charge in [-0.2, -0.15) is 0 Å². The molecule has 0 atom stereocenters. The average Bonchev–Trinajstić information content (AvgIpc) is 1.98. The number of esters is 1. The van der Waals surface area contributed by atoms with Crippen molar-refractivity contribution in [1.82, 2.24) is 0 Å². The topological polar surface area (TPSA) is 35.5 Å². The fourth-order valence-electron chi connectivity index (χ4n) is 0.623. The third kappa shape index (κ3) is 3.65. The van der Waals surface area contributed by atoms with Gasteiger partial charge in [-0.15, -0.1) is 0 Å². The summed E-state index contributed by atoms with van der Waals surface area (Å²) in [7, 11) is 2.78. The molecule has 0 unspecified atom stereocenters. The Kier molecular flexibility index (Phi) is 4.34. The van der Waals surface area contributed by atoms with Crippen molar-refractivity contribution >= 4 is 5.97 Å². The molecule has 64 valence electrons. The van der Waals surface area contributed by atoms with Crippen molar-refractivity contribution in [3.8, 4) is 0 Å². The zero-order valence-corrected chi connectivity index (χ0v) is 7.38. The van der Waals surface area contributed by atoms with Gasteiger partial charge in [-0.1, -0.05) is 13.8 Å². The molecule has 0 radical (unpaired) electrons. The Morgan fingerprint density at radius 3 is 2.09 bits per heavy atom. The van der Waals surface area contributed by atoms with Crippen LogP contribution in [0.4, 0.5) is 0 Å². The van der Waals surface area contributed by atoms with Crippen LogP contribution in [0, 0.1) is 5.92 Å². The van der Waals surface area contributed by atoms with Crippen molar-refractivity contribution in [3.05, 3.63) is 11.8 Å². The molecule has 0 N–H and O–H groups in total. The minimum absolute atomic E-state index is 0.266. The normalized spacial score (nSPS) is 11.5. The van der Waals surface area contributed by atoms with Crippen LogP contribution in [0.1, 0.15) is 13.8 Å². The van der Waals surface area contributed by atoms with Crippen LogP contribution >= 0.6 is 0 Å². The van der Waals surface area contributed by atoms with Crippen LogP contribution < -0.4 is 0 Å². The summed E-state index contributed by atoms with van der Waals surface area (Å²) in [6, 6.07) is 0. The van der Waals surface area contributed by atoms with Gasteiger partial charge in [-0.25, -0.2) is 4.79 Å². The Morgan fingerprint density at radius 1 is 1.27 bits per heavy atom. The van der Waals surface area contributed by atoms with E-state index in [9.17, 15) is 4.79 Å². The van der Waals surface area contributed by atoms with Crippen LogP contribution in [-0.2, 0) is 14.3 Å². The van der Waals surface area contributed by atoms with Crippen molar-refractivity contribution in [2.24, 2.45) is 5.92 Å². The number of carbonyl (C=O) groups excluding carboxylic acids is 1. The zero-order chi connectivity index (χ0) is 8.85. The molecule has 0 amide bonds. The number of methoxy groups -OCH3 is 2. The first-order chi connectivity index (χ1) is 5.11. The summed E-state index contributed by atoms with van der Waals surface area (Å²) < 4.78 is 9.27. The van der Waals surface area contributed by atoms with E-state index >= 15 is 0 Å². The number of hydrogen-bond acceptors (Lipinski definition) is 3. The molecule has 0 aromatic carbocycles. The fraction of sp³-hybridized carbons (Fsp3) is 0.625. The van der Waals surface area contributed by atoms with Gasteiger partial charge in [-0.3, -0.25) is 0 Å². The Hall–Kier alpha value is -0.990. The fourth-order valence-corrected chi connectivity index (χ4v) is 0.623. The van der Waals surface area contributed by atoms with Crippen molar-refractivity contribution in [3.63, 3.8) is 0 Å². The number of allylic oxidation sites excluding steroid dienone is 1. The third-order valence-corrected chi connectivity index (χ3v) is 1.09. The second kappa shape index (κ2) is 4.77. The lowest BCUT2D eigenvalue weighted by molar-refractivity contribution is -0.139. The lowest BCUT2D eigenvalue weighted by atomic mass is 10.2. The summed E-state index contributed by atoms with van der Waals surface area (Å²) in [6.45, 7) is 3.92. The van der Waals surface area contributed by atoms with E-state index in [1.54, 1.807) is 6.08 Å². The van der Waals surface area contributed by atoms with Crippen LogP contribution in [0.3, 0.4) is 0 Å². The van der Waals surface area contributed by atoms with E-state index in [4.69, 9.17) is 4.74 Å². The molecule has 0 aromatic heterocycles. The number of hydrogen-bond donors (Lipinski definition) is 0. The first-order valence-electron chi connectivity index (χ1n) is 3.46. The van der Waals surface area contributed by atoms with Crippen LogP contribution in [0.5, 0.6) is 0 Å². The standard InChI is InChI=1S/C8H14O3/c1-6(2)5-7(10-3)8(9)11-4/h5-6H,1-4H3/b7-5-. The average molecular weight is 158 g/mol. The van der Waals surface area contributed by atoms with Crippen LogP contribution in [0.25, 0.3) is 0 Å². The second-order valence-electron chi connectivity index (χ2n) is 2.47. The number of ether oxygens (including phenoxy) is 2. The van der Waals surface area contributed by atoms with E-state index in [0.717, 1.165) is 0 Å². The summed E-state index contributed by atoms with van der Waals surface area (Å²) in [4.78, 5) is 10.9. The molecule has 3 heteroatoms. The predicted octanol–water partition coefficient (Wildman–Crippen LogP) is 1.35. The van der Waals surface area contributed by atoms with Crippen LogP contribution in [0.2, 0.25) is 0 Å². The molecule has 0 aromatic rings. The van der Waals surface area contributed by atoms with E-state index in [2.05, 4.69) is 4.74 Å². The monoisotopic (exact) mass is 158 g/mol. The van der Waals surface area contributed by atoms with Gasteiger partial charge in [0.15, 0.2) is 0 Å². The largest absolute Gasteiger partial charge is 0.490 e. The van der Waals surface area contributed by atoms with Gasteiger partial charge in [0.25, 0.3) is 0 Å². The highest BCUT2D eigenvalue weighted by atomic mass is 16.6. The molecule has 0 spiro atoms. The molecule has 11 heavy (non-hydrogen) atoms.